The number of pyridine rings is 1. The number of para-hydroxylation sites is 1. The minimum atomic E-state index is -4.39. The van der Waals surface area contributed by atoms with Gasteiger partial charge in [-0.15, -0.1) is 0 Å². The van der Waals surface area contributed by atoms with Gasteiger partial charge in [-0.1, -0.05) is 30.3 Å². The van der Waals surface area contributed by atoms with Crippen LogP contribution in [0.4, 0.5) is 13.2 Å². The van der Waals surface area contributed by atoms with Gasteiger partial charge < -0.3 is 5.32 Å². The number of alkyl halides is 3. The lowest BCUT2D eigenvalue weighted by Gasteiger charge is -2.10. The van der Waals surface area contributed by atoms with E-state index in [9.17, 15) is 18.0 Å². The number of benzene rings is 3. The van der Waals surface area contributed by atoms with Gasteiger partial charge in [-0.2, -0.15) is 13.2 Å². The second-order valence-corrected chi connectivity index (χ2v) is 6.44. The first-order valence-electron chi connectivity index (χ1n) is 8.64. The van der Waals surface area contributed by atoms with Crippen molar-refractivity contribution in [3.63, 3.8) is 0 Å². The number of halogens is 3. The molecule has 3 nitrogen and oxygen atoms in total. The summed E-state index contributed by atoms with van der Waals surface area (Å²) in [4.78, 5) is 16.8. The third kappa shape index (κ3) is 3.53. The van der Waals surface area contributed by atoms with Crippen molar-refractivity contribution in [1.29, 1.82) is 0 Å². The topological polar surface area (TPSA) is 42.0 Å². The molecule has 0 atom stereocenters. The van der Waals surface area contributed by atoms with Gasteiger partial charge in [0, 0.05) is 23.7 Å². The van der Waals surface area contributed by atoms with Gasteiger partial charge in [0.25, 0.3) is 5.91 Å². The molecule has 0 saturated heterocycles. The van der Waals surface area contributed by atoms with Gasteiger partial charge in [0.15, 0.2) is 0 Å². The SMILES string of the molecule is O=C(NCc1ccnc2ccccc12)c1ccc2cc(C(F)(F)F)ccc2c1. The molecule has 140 valence electrons. The van der Waals surface area contributed by atoms with E-state index < -0.39 is 11.7 Å². The molecule has 0 saturated carbocycles. The fourth-order valence-electron chi connectivity index (χ4n) is 3.15. The zero-order valence-electron chi connectivity index (χ0n) is 14.6. The number of fused-ring (bicyclic) bond motifs is 2. The molecule has 4 rings (SSSR count). The van der Waals surface area contributed by atoms with Crippen LogP contribution in [-0.4, -0.2) is 10.9 Å². The second-order valence-electron chi connectivity index (χ2n) is 6.44. The quantitative estimate of drug-likeness (QED) is 0.522. The van der Waals surface area contributed by atoms with Crippen molar-refractivity contribution in [1.82, 2.24) is 10.3 Å². The number of carbonyl (C=O) groups is 1. The van der Waals surface area contributed by atoms with Crippen molar-refractivity contribution < 1.29 is 18.0 Å². The normalized spacial score (nSPS) is 11.7. The number of carbonyl (C=O) groups excluding carboxylic acids is 1. The molecule has 28 heavy (non-hydrogen) atoms. The first-order chi connectivity index (χ1) is 13.4. The maximum atomic E-state index is 12.8. The minimum absolute atomic E-state index is 0.289. The van der Waals surface area contributed by atoms with Crippen molar-refractivity contribution >= 4 is 27.6 Å². The van der Waals surface area contributed by atoms with Gasteiger partial charge in [0.05, 0.1) is 11.1 Å². The summed E-state index contributed by atoms with van der Waals surface area (Å²) in [6.07, 6.45) is -2.70. The summed E-state index contributed by atoms with van der Waals surface area (Å²) in [6, 6.07) is 17.6. The molecule has 3 aromatic carbocycles. The third-order valence-corrected chi connectivity index (χ3v) is 4.61. The van der Waals surface area contributed by atoms with Crippen LogP contribution in [0.1, 0.15) is 21.5 Å². The van der Waals surface area contributed by atoms with Crippen LogP contribution in [-0.2, 0) is 12.7 Å². The van der Waals surface area contributed by atoms with Crippen LogP contribution in [0.15, 0.2) is 72.9 Å². The molecule has 1 aromatic heterocycles. The summed E-state index contributed by atoms with van der Waals surface area (Å²) in [5.41, 5.74) is 1.47. The molecule has 0 unspecified atom stereocenters. The number of nitrogens with one attached hydrogen (secondary N) is 1. The number of hydrogen-bond acceptors (Lipinski definition) is 2. The highest BCUT2D eigenvalue weighted by atomic mass is 19.4. The summed E-state index contributed by atoms with van der Waals surface area (Å²) >= 11 is 0. The van der Waals surface area contributed by atoms with Crippen LogP contribution in [0.2, 0.25) is 0 Å². The zero-order valence-corrected chi connectivity index (χ0v) is 14.6. The fourth-order valence-corrected chi connectivity index (χ4v) is 3.15. The molecule has 0 fully saturated rings. The Morgan fingerprint density at radius 2 is 1.68 bits per heavy atom. The summed E-state index contributed by atoms with van der Waals surface area (Å²) in [5, 5.41) is 4.84. The van der Waals surface area contributed by atoms with Gasteiger partial charge in [-0.3, -0.25) is 9.78 Å². The third-order valence-electron chi connectivity index (χ3n) is 4.61. The monoisotopic (exact) mass is 380 g/mol. The maximum Gasteiger partial charge on any atom is 0.416 e. The van der Waals surface area contributed by atoms with E-state index in [1.54, 1.807) is 12.3 Å². The average Bonchev–Trinajstić information content (AvgIpc) is 2.70. The summed E-state index contributed by atoms with van der Waals surface area (Å²) in [5.74, 6) is -0.289. The number of nitrogens with zero attached hydrogens (tertiary/aromatic N) is 1. The highest BCUT2D eigenvalue weighted by Gasteiger charge is 2.30. The zero-order chi connectivity index (χ0) is 19.7. The van der Waals surface area contributed by atoms with Gasteiger partial charge in [0.1, 0.15) is 0 Å². The molecule has 0 spiro atoms. The molecular weight excluding hydrogens is 365 g/mol. The standard InChI is InChI=1S/C22H15F3N2O/c23-22(24,25)18-8-7-14-11-16(6-5-15(14)12-18)21(28)27-13-17-9-10-26-20-4-2-1-3-19(17)20/h1-12H,13H2,(H,27,28). The fraction of sp³-hybridized carbons (Fsp3) is 0.0909. The second kappa shape index (κ2) is 6.96. The average molecular weight is 380 g/mol. The smallest absolute Gasteiger partial charge is 0.348 e. The number of hydrogen-bond donors (Lipinski definition) is 1. The van der Waals surface area contributed by atoms with Crippen LogP contribution in [0.25, 0.3) is 21.7 Å². The van der Waals surface area contributed by atoms with Crippen molar-refractivity contribution in [3.8, 4) is 0 Å². The molecule has 1 N–H and O–H groups in total. The number of amides is 1. The van der Waals surface area contributed by atoms with Crippen molar-refractivity contribution in [3.05, 3.63) is 89.6 Å². The molecule has 0 aliphatic heterocycles. The lowest BCUT2D eigenvalue weighted by Crippen LogP contribution is -2.22. The number of aromatic nitrogens is 1. The Morgan fingerprint density at radius 3 is 2.50 bits per heavy atom. The van der Waals surface area contributed by atoms with Crippen LogP contribution < -0.4 is 5.32 Å². The summed E-state index contributed by atoms with van der Waals surface area (Å²) < 4.78 is 38.5. The van der Waals surface area contributed by atoms with Crippen molar-refractivity contribution in [2.24, 2.45) is 0 Å². The van der Waals surface area contributed by atoms with E-state index in [1.807, 2.05) is 30.3 Å². The molecule has 0 aliphatic carbocycles. The van der Waals surface area contributed by atoms with Gasteiger partial charge in [0.2, 0.25) is 0 Å². The van der Waals surface area contributed by atoms with Crippen molar-refractivity contribution in [2.75, 3.05) is 0 Å². The highest BCUT2D eigenvalue weighted by Crippen LogP contribution is 2.31. The van der Waals surface area contributed by atoms with Gasteiger partial charge >= 0.3 is 6.18 Å². The van der Waals surface area contributed by atoms with Crippen LogP contribution in [0.5, 0.6) is 0 Å². The maximum absolute atomic E-state index is 12.8. The Balaban J connectivity index is 1.55. The predicted octanol–water partition coefficient (Wildman–Crippen LogP) is 5.34. The van der Waals surface area contributed by atoms with E-state index in [-0.39, 0.29) is 5.91 Å². The molecule has 4 aromatic rings. The molecule has 1 heterocycles. The Morgan fingerprint density at radius 1 is 0.929 bits per heavy atom. The minimum Gasteiger partial charge on any atom is -0.348 e. The van der Waals surface area contributed by atoms with Crippen molar-refractivity contribution in [2.45, 2.75) is 12.7 Å². The summed E-state index contributed by atoms with van der Waals surface area (Å²) in [6.45, 7) is 0.326. The largest absolute Gasteiger partial charge is 0.416 e. The number of rotatable bonds is 3. The van der Waals surface area contributed by atoms with Gasteiger partial charge in [-0.25, -0.2) is 0 Å². The molecule has 6 heteroatoms. The van der Waals surface area contributed by atoms with E-state index in [0.29, 0.717) is 22.9 Å². The lowest BCUT2D eigenvalue weighted by molar-refractivity contribution is -0.137. The predicted molar refractivity (Wildman–Crippen MR) is 102 cm³/mol. The molecule has 0 radical (unpaired) electrons. The Kier molecular flexibility index (Phi) is 4.47. The highest BCUT2D eigenvalue weighted by molar-refractivity contribution is 5.98. The van der Waals surface area contributed by atoms with E-state index in [1.165, 1.54) is 18.2 Å². The molecule has 0 bridgehead atoms. The van der Waals surface area contributed by atoms with Crippen LogP contribution in [0.3, 0.4) is 0 Å². The Labute approximate surface area is 158 Å². The molecular formula is C22H15F3N2O. The Bertz CT molecular complexity index is 1180. The van der Waals surface area contributed by atoms with Gasteiger partial charge in [-0.05, 0) is 52.7 Å². The van der Waals surface area contributed by atoms with Crippen LogP contribution in [0, 0.1) is 0 Å². The van der Waals surface area contributed by atoms with E-state index in [2.05, 4.69) is 10.3 Å². The van der Waals surface area contributed by atoms with E-state index in [0.717, 1.165) is 28.6 Å². The Hall–Kier alpha value is -3.41. The molecule has 1 amide bonds. The lowest BCUT2D eigenvalue weighted by atomic mass is 10.0. The van der Waals surface area contributed by atoms with Crippen LogP contribution >= 0.6 is 0 Å². The van der Waals surface area contributed by atoms with E-state index in [4.69, 9.17) is 0 Å². The first kappa shape index (κ1) is 18.0. The summed E-state index contributed by atoms with van der Waals surface area (Å²) in [7, 11) is 0. The first-order valence-corrected chi connectivity index (χ1v) is 8.64. The molecule has 0 aliphatic rings. The van der Waals surface area contributed by atoms with E-state index >= 15 is 0 Å².